The van der Waals surface area contributed by atoms with Crippen LogP contribution in [0.3, 0.4) is 0 Å². The number of hydrogen-bond acceptors (Lipinski definition) is 5. The van der Waals surface area contributed by atoms with Crippen molar-refractivity contribution in [2.24, 2.45) is 0 Å². The highest BCUT2D eigenvalue weighted by atomic mass is 19.1. The van der Waals surface area contributed by atoms with Gasteiger partial charge in [0, 0.05) is 17.0 Å². The molecular formula is C14H14BFN4O3. The monoisotopic (exact) mass is 316 g/mol. The van der Waals surface area contributed by atoms with E-state index < -0.39 is 12.9 Å². The second-order valence-corrected chi connectivity index (χ2v) is 5.58. The molecule has 0 aliphatic heterocycles. The first-order valence-electron chi connectivity index (χ1n) is 7.26. The zero-order chi connectivity index (χ0) is 16.1. The number of rotatable bonds is 4. The number of halogens is 1. The molecule has 1 aliphatic carbocycles. The molecule has 1 aliphatic rings. The van der Waals surface area contributed by atoms with Gasteiger partial charge in [-0.05, 0) is 25.0 Å². The molecule has 0 bridgehead atoms. The summed E-state index contributed by atoms with van der Waals surface area (Å²) >= 11 is 0. The molecule has 1 fully saturated rings. The number of nitrogens with zero attached hydrogens (tertiary/aromatic N) is 4. The molecule has 0 radical (unpaired) electrons. The smallest absolute Gasteiger partial charge is 0.478 e. The number of ether oxygens (including phenoxy) is 1. The first-order valence-corrected chi connectivity index (χ1v) is 7.26. The molecule has 3 aromatic rings. The molecule has 9 heteroatoms. The van der Waals surface area contributed by atoms with Crippen molar-refractivity contribution < 1.29 is 19.2 Å². The Morgan fingerprint density at radius 2 is 2.04 bits per heavy atom. The topological polar surface area (TPSA) is 85.3 Å². The quantitative estimate of drug-likeness (QED) is 0.680. The maximum absolute atomic E-state index is 13.8. The van der Waals surface area contributed by atoms with E-state index in [1.54, 1.807) is 6.20 Å². The number of benzene rings is 1. The lowest BCUT2D eigenvalue weighted by molar-refractivity contribution is 0.386. The zero-order valence-corrected chi connectivity index (χ0v) is 12.3. The number of aromatic nitrogens is 4. The Labute approximate surface area is 131 Å². The first kappa shape index (κ1) is 14.2. The lowest BCUT2D eigenvalue weighted by Crippen LogP contribution is -2.33. The van der Waals surface area contributed by atoms with Crippen LogP contribution in [0.1, 0.15) is 18.9 Å². The molecule has 0 spiro atoms. The minimum atomic E-state index is -1.91. The molecule has 1 saturated carbocycles. The summed E-state index contributed by atoms with van der Waals surface area (Å²) in [6.45, 7) is 0. The predicted octanol–water partition coefficient (Wildman–Crippen LogP) is 0.384. The minimum Gasteiger partial charge on any atom is -0.478 e. The van der Waals surface area contributed by atoms with E-state index in [0.717, 1.165) is 12.8 Å². The Hall–Kier alpha value is -2.39. The minimum absolute atomic E-state index is 0.192. The van der Waals surface area contributed by atoms with Crippen LogP contribution in [0, 0.1) is 5.82 Å². The van der Waals surface area contributed by atoms with Crippen LogP contribution in [0.2, 0.25) is 0 Å². The second-order valence-electron chi connectivity index (χ2n) is 5.58. The molecule has 1 aromatic carbocycles. The predicted molar refractivity (Wildman–Crippen MR) is 81.5 cm³/mol. The summed E-state index contributed by atoms with van der Waals surface area (Å²) in [6, 6.07) is 3.04. The van der Waals surface area contributed by atoms with E-state index in [9.17, 15) is 14.4 Å². The van der Waals surface area contributed by atoms with Gasteiger partial charge in [0.25, 0.3) is 5.88 Å². The van der Waals surface area contributed by atoms with E-state index in [2.05, 4.69) is 10.2 Å². The van der Waals surface area contributed by atoms with Gasteiger partial charge < -0.3 is 14.8 Å². The van der Waals surface area contributed by atoms with Crippen LogP contribution in [-0.2, 0) is 0 Å². The van der Waals surface area contributed by atoms with Crippen LogP contribution in [-0.4, -0.2) is 43.8 Å². The lowest BCUT2D eigenvalue weighted by Gasteiger charge is -2.01. The number of methoxy groups -OCH3 is 1. The second kappa shape index (κ2) is 5.07. The summed E-state index contributed by atoms with van der Waals surface area (Å²) in [5, 5.41) is 27.9. The largest absolute Gasteiger partial charge is 0.492 e. The molecular weight excluding hydrogens is 302 g/mol. The van der Waals surface area contributed by atoms with Crippen LogP contribution in [0.25, 0.3) is 16.6 Å². The molecule has 0 atom stereocenters. The van der Waals surface area contributed by atoms with Gasteiger partial charge in [-0.15, -0.1) is 5.10 Å². The summed E-state index contributed by atoms with van der Waals surface area (Å²) in [6.07, 6.45) is 5.53. The highest BCUT2D eigenvalue weighted by Crippen LogP contribution is 2.36. The molecule has 23 heavy (non-hydrogen) atoms. The highest BCUT2D eigenvalue weighted by Gasteiger charge is 2.27. The van der Waals surface area contributed by atoms with Crippen LogP contribution in [0.5, 0.6) is 5.88 Å². The molecule has 118 valence electrons. The first-order chi connectivity index (χ1) is 11.1. The van der Waals surface area contributed by atoms with Crippen molar-refractivity contribution in [1.82, 2.24) is 19.6 Å². The normalized spacial score (nSPS) is 14.4. The van der Waals surface area contributed by atoms with Gasteiger partial charge in [0.15, 0.2) is 0 Å². The van der Waals surface area contributed by atoms with Crippen molar-refractivity contribution in [2.75, 3.05) is 7.11 Å². The fraction of sp³-hybridized carbons (Fsp3) is 0.286. The van der Waals surface area contributed by atoms with E-state index in [0.29, 0.717) is 28.5 Å². The summed E-state index contributed by atoms with van der Waals surface area (Å²) in [5.74, 6) is -0.274. The van der Waals surface area contributed by atoms with Crippen LogP contribution in [0.15, 0.2) is 24.5 Å². The van der Waals surface area contributed by atoms with Crippen molar-refractivity contribution in [2.45, 2.75) is 18.9 Å². The van der Waals surface area contributed by atoms with Crippen molar-refractivity contribution in [3.05, 3.63) is 30.3 Å². The van der Waals surface area contributed by atoms with Crippen molar-refractivity contribution in [3.63, 3.8) is 0 Å². The molecule has 7 nitrogen and oxygen atoms in total. The van der Waals surface area contributed by atoms with Crippen molar-refractivity contribution in [1.29, 1.82) is 0 Å². The van der Waals surface area contributed by atoms with E-state index in [-0.39, 0.29) is 5.46 Å². The van der Waals surface area contributed by atoms with Crippen LogP contribution < -0.4 is 10.2 Å². The SMILES string of the molecule is COc1nn(C2CC2)cc1-n1cc2c(B(O)O)c(F)ccc2n1. The van der Waals surface area contributed by atoms with E-state index in [4.69, 9.17) is 4.74 Å². The van der Waals surface area contributed by atoms with Gasteiger partial charge in [0.05, 0.1) is 24.9 Å². The zero-order valence-electron chi connectivity index (χ0n) is 12.3. The maximum atomic E-state index is 13.8. The molecule has 0 amide bonds. The van der Waals surface area contributed by atoms with E-state index >= 15 is 0 Å². The summed E-state index contributed by atoms with van der Waals surface area (Å²) in [4.78, 5) is 0. The molecule has 2 N–H and O–H groups in total. The molecule has 0 saturated heterocycles. The van der Waals surface area contributed by atoms with Crippen molar-refractivity contribution in [3.8, 4) is 11.6 Å². The molecule has 0 unspecified atom stereocenters. The Kier molecular flexibility index (Phi) is 3.14. The Morgan fingerprint density at radius 3 is 2.70 bits per heavy atom. The van der Waals surface area contributed by atoms with Gasteiger partial charge >= 0.3 is 7.12 Å². The standard InChI is InChI=1S/C14H14BFN4O3/c1-23-14-12(7-19(18-14)8-2-3-8)20-6-9-11(17-20)5-4-10(16)13(9)15(21)22/h4-8,21-22H,2-3H2,1H3. The molecule has 4 rings (SSSR count). The van der Waals surface area contributed by atoms with Gasteiger partial charge in [0.2, 0.25) is 0 Å². The average Bonchev–Trinajstić information content (AvgIpc) is 3.13. The third-order valence-electron chi connectivity index (χ3n) is 3.98. The van der Waals surface area contributed by atoms with Gasteiger partial charge in [-0.2, -0.15) is 5.10 Å². The van der Waals surface area contributed by atoms with Crippen LogP contribution in [0.4, 0.5) is 4.39 Å². The Morgan fingerprint density at radius 1 is 1.26 bits per heavy atom. The summed E-state index contributed by atoms with van der Waals surface area (Å²) in [7, 11) is -0.387. The summed E-state index contributed by atoms with van der Waals surface area (Å²) < 4.78 is 22.5. The fourth-order valence-corrected chi connectivity index (χ4v) is 2.67. The van der Waals surface area contributed by atoms with Gasteiger partial charge in [0.1, 0.15) is 11.5 Å². The van der Waals surface area contributed by atoms with Gasteiger partial charge in [-0.3, -0.25) is 4.68 Å². The third kappa shape index (κ3) is 2.28. The van der Waals surface area contributed by atoms with Crippen molar-refractivity contribution >= 4 is 23.5 Å². The lowest BCUT2D eigenvalue weighted by atomic mass is 9.78. The molecule has 2 aromatic heterocycles. The van der Waals surface area contributed by atoms with E-state index in [1.165, 1.54) is 23.9 Å². The van der Waals surface area contributed by atoms with Crippen LogP contribution >= 0.6 is 0 Å². The Bertz CT molecular complexity index is 888. The highest BCUT2D eigenvalue weighted by molar-refractivity contribution is 6.62. The van der Waals surface area contributed by atoms with Gasteiger partial charge in [-0.1, -0.05) is 0 Å². The number of hydrogen-bond donors (Lipinski definition) is 2. The maximum Gasteiger partial charge on any atom is 0.492 e. The van der Waals surface area contributed by atoms with E-state index in [1.807, 2.05) is 10.9 Å². The Balaban J connectivity index is 1.88. The fourth-order valence-electron chi connectivity index (χ4n) is 2.67. The summed E-state index contributed by atoms with van der Waals surface area (Å²) in [5.41, 5.74) is 0.882. The number of fused-ring (bicyclic) bond motifs is 1. The van der Waals surface area contributed by atoms with Gasteiger partial charge in [-0.25, -0.2) is 9.07 Å². The average molecular weight is 316 g/mol. The third-order valence-corrected chi connectivity index (χ3v) is 3.98. The molecule has 2 heterocycles.